The summed E-state index contributed by atoms with van der Waals surface area (Å²) in [6.45, 7) is 3.35. The molecule has 18 heavy (non-hydrogen) atoms. The third-order valence-electron chi connectivity index (χ3n) is 2.27. The first-order valence-corrected chi connectivity index (χ1v) is 7.46. The molecule has 0 fully saturated rings. The monoisotopic (exact) mass is 293 g/mol. The molecule has 0 radical (unpaired) electrons. The van der Waals surface area contributed by atoms with Gasteiger partial charge in [-0.25, -0.2) is 17.9 Å². The number of hydrogen-bond donors (Lipinski definition) is 3. The number of carboxylic acids is 1. The van der Waals surface area contributed by atoms with E-state index in [9.17, 15) is 13.2 Å². The molecule has 1 heterocycles. The molecule has 0 aliphatic heterocycles. The van der Waals surface area contributed by atoms with Gasteiger partial charge in [0, 0.05) is 23.9 Å². The van der Waals surface area contributed by atoms with Gasteiger partial charge >= 0.3 is 5.97 Å². The molecule has 0 aliphatic rings. The van der Waals surface area contributed by atoms with Gasteiger partial charge in [-0.2, -0.15) is 0 Å². The highest BCUT2D eigenvalue weighted by molar-refractivity contribution is 7.89. The molecule has 0 atom stereocenters. The van der Waals surface area contributed by atoms with Crippen LogP contribution in [0.3, 0.4) is 0 Å². The van der Waals surface area contributed by atoms with Crippen LogP contribution in [-0.4, -0.2) is 37.8 Å². The zero-order valence-electron chi connectivity index (χ0n) is 10.0. The largest absolute Gasteiger partial charge is 0.477 e. The van der Waals surface area contributed by atoms with Crippen molar-refractivity contribution in [3.8, 4) is 0 Å². The predicted octanol–water partition coefficient (Wildman–Crippen LogP) is 0.743. The number of aromatic carboxylic acids is 1. The van der Waals surface area contributed by atoms with Crippen LogP contribution >= 0.6 is 11.3 Å². The number of carboxylic acid groups (broad SMARTS) is 1. The average molecular weight is 293 g/mol. The number of aliphatic hydroxyl groups excluding tert-OH is 1. The van der Waals surface area contributed by atoms with Gasteiger partial charge < -0.3 is 10.2 Å². The highest BCUT2D eigenvalue weighted by Gasteiger charge is 2.23. The van der Waals surface area contributed by atoms with Crippen LogP contribution in [0.2, 0.25) is 0 Å². The van der Waals surface area contributed by atoms with E-state index in [0.29, 0.717) is 0 Å². The van der Waals surface area contributed by atoms with Gasteiger partial charge in [-0.3, -0.25) is 0 Å². The first kappa shape index (κ1) is 15.1. The SMILES string of the molecule is CC(C)(CO)CNS(=O)(=O)c1csc(C(=O)O)c1. The average Bonchev–Trinajstić information content (AvgIpc) is 2.77. The molecular weight excluding hydrogens is 278 g/mol. The zero-order chi connectivity index (χ0) is 14.0. The quantitative estimate of drug-likeness (QED) is 0.718. The molecule has 0 saturated heterocycles. The van der Waals surface area contributed by atoms with Crippen molar-refractivity contribution in [2.24, 2.45) is 5.41 Å². The Morgan fingerprint density at radius 2 is 2.11 bits per heavy atom. The van der Waals surface area contributed by atoms with Crippen LogP contribution in [0.1, 0.15) is 23.5 Å². The third kappa shape index (κ3) is 3.77. The summed E-state index contributed by atoms with van der Waals surface area (Å²) in [7, 11) is -3.73. The molecule has 0 aromatic carbocycles. The van der Waals surface area contributed by atoms with Gasteiger partial charge in [0.25, 0.3) is 0 Å². The van der Waals surface area contributed by atoms with E-state index in [1.807, 2.05) is 0 Å². The normalized spacial score (nSPS) is 12.6. The predicted molar refractivity (Wildman–Crippen MR) is 67.3 cm³/mol. The molecule has 0 aliphatic carbocycles. The van der Waals surface area contributed by atoms with E-state index < -0.39 is 21.4 Å². The second-order valence-corrected chi connectivity index (χ2v) is 7.28. The summed E-state index contributed by atoms with van der Waals surface area (Å²) in [5.74, 6) is -1.16. The Morgan fingerprint density at radius 1 is 1.50 bits per heavy atom. The van der Waals surface area contributed by atoms with Gasteiger partial charge in [-0.05, 0) is 6.07 Å². The van der Waals surface area contributed by atoms with Crippen molar-refractivity contribution in [3.05, 3.63) is 16.3 Å². The van der Waals surface area contributed by atoms with Crippen molar-refractivity contribution in [3.63, 3.8) is 0 Å². The molecule has 8 heteroatoms. The molecule has 0 spiro atoms. The maximum absolute atomic E-state index is 11.9. The fraction of sp³-hybridized carbons (Fsp3) is 0.500. The Labute approximate surface area is 109 Å². The summed E-state index contributed by atoms with van der Waals surface area (Å²) in [6.07, 6.45) is 0. The minimum absolute atomic E-state index is 0.0307. The first-order valence-electron chi connectivity index (χ1n) is 5.10. The number of thiophene rings is 1. The van der Waals surface area contributed by atoms with Crippen molar-refractivity contribution in [2.45, 2.75) is 18.7 Å². The third-order valence-corrected chi connectivity index (χ3v) is 4.71. The van der Waals surface area contributed by atoms with E-state index in [1.54, 1.807) is 13.8 Å². The number of sulfonamides is 1. The lowest BCUT2D eigenvalue weighted by Gasteiger charge is -2.21. The summed E-state index contributed by atoms with van der Waals surface area (Å²) >= 11 is 0.856. The van der Waals surface area contributed by atoms with E-state index in [1.165, 1.54) is 5.38 Å². The maximum Gasteiger partial charge on any atom is 0.345 e. The molecule has 0 bridgehead atoms. The summed E-state index contributed by atoms with van der Waals surface area (Å²) < 4.78 is 26.0. The van der Waals surface area contributed by atoms with E-state index in [-0.39, 0.29) is 22.9 Å². The van der Waals surface area contributed by atoms with Crippen LogP contribution in [0.15, 0.2) is 16.3 Å². The van der Waals surface area contributed by atoms with Gasteiger partial charge in [-0.15, -0.1) is 11.3 Å². The topological polar surface area (TPSA) is 104 Å². The van der Waals surface area contributed by atoms with Gasteiger partial charge in [0.05, 0.1) is 4.90 Å². The van der Waals surface area contributed by atoms with Crippen LogP contribution in [0.4, 0.5) is 0 Å². The van der Waals surface area contributed by atoms with Crippen molar-refractivity contribution >= 4 is 27.3 Å². The van der Waals surface area contributed by atoms with Crippen molar-refractivity contribution in [1.82, 2.24) is 4.72 Å². The van der Waals surface area contributed by atoms with Gasteiger partial charge in [0.15, 0.2) is 0 Å². The second-order valence-electron chi connectivity index (χ2n) is 4.60. The van der Waals surface area contributed by atoms with Gasteiger partial charge in [0.1, 0.15) is 4.88 Å². The van der Waals surface area contributed by atoms with Crippen LogP contribution in [0.5, 0.6) is 0 Å². The molecule has 0 amide bonds. The number of aliphatic hydroxyl groups is 1. The first-order chi connectivity index (χ1) is 8.18. The number of rotatable bonds is 6. The van der Waals surface area contributed by atoms with Crippen LogP contribution < -0.4 is 4.72 Å². The highest BCUT2D eigenvalue weighted by Crippen LogP contribution is 2.20. The van der Waals surface area contributed by atoms with Crippen molar-refractivity contribution in [2.75, 3.05) is 13.2 Å². The molecule has 1 rings (SSSR count). The van der Waals surface area contributed by atoms with Crippen LogP contribution in [0, 0.1) is 5.41 Å². The summed E-state index contributed by atoms with van der Waals surface area (Å²) in [5.41, 5.74) is -0.571. The molecule has 102 valence electrons. The number of carbonyl (C=O) groups is 1. The lowest BCUT2D eigenvalue weighted by atomic mass is 9.96. The molecule has 0 saturated carbocycles. The number of nitrogens with one attached hydrogen (secondary N) is 1. The lowest BCUT2D eigenvalue weighted by Crippen LogP contribution is -2.35. The van der Waals surface area contributed by atoms with Gasteiger partial charge in [-0.1, -0.05) is 13.8 Å². The lowest BCUT2D eigenvalue weighted by molar-refractivity contribution is 0.0702. The molecule has 1 aromatic heterocycles. The van der Waals surface area contributed by atoms with E-state index in [0.717, 1.165) is 17.4 Å². The molecular formula is C10H15NO5S2. The molecule has 6 nitrogen and oxygen atoms in total. The van der Waals surface area contributed by atoms with Crippen LogP contribution in [-0.2, 0) is 10.0 Å². The minimum atomic E-state index is -3.73. The Bertz CT molecular complexity index is 532. The minimum Gasteiger partial charge on any atom is -0.477 e. The standard InChI is InChI=1S/C10H15NO5S2/c1-10(2,6-12)5-11-18(15,16)7-3-8(9(13)14)17-4-7/h3-4,11-12H,5-6H2,1-2H3,(H,13,14). The Hall–Kier alpha value is -0.960. The van der Waals surface area contributed by atoms with Crippen molar-refractivity contribution in [1.29, 1.82) is 0 Å². The Balaban J connectivity index is 2.83. The zero-order valence-corrected chi connectivity index (χ0v) is 11.6. The maximum atomic E-state index is 11.9. The molecule has 0 unspecified atom stereocenters. The Kier molecular flexibility index (Phi) is 4.49. The number of hydrogen-bond acceptors (Lipinski definition) is 5. The summed E-state index contributed by atoms with van der Waals surface area (Å²) in [6, 6.07) is 1.11. The molecule has 1 aromatic rings. The summed E-state index contributed by atoms with van der Waals surface area (Å²) in [4.78, 5) is 10.6. The smallest absolute Gasteiger partial charge is 0.345 e. The summed E-state index contributed by atoms with van der Waals surface area (Å²) in [5, 5.41) is 19.0. The van der Waals surface area contributed by atoms with E-state index in [2.05, 4.69) is 4.72 Å². The second kappa shape index (κ2) is 5.35. The highest BCUT2D eigenvalue weighted by atomic mass is 32.2. The van der Waals surface area contributed by atoms with E-state index >= 15 is 0 Å². The Morgan fingerprint density at radius 3 is 2.56 bits per heavy atom. The van der Waals surface area contributed by atoms with E-state index in [4.69, 9.17) is 10.2 Å². The fourth-order valence-electron chi connectivity index (χ4n) is 1.00. The van der Waals surface area contributed by atoms with Gasteiger partial charge in [0.2, 0.25) is 10.0 Å². The fourth-order valence-corrected chi connectivity index (χ4v) is 3.35. The van der Waals surface area contributed by atoms with Crippen LogP contribution in [0.25, 0.3) is 0 Å². The molecule has 3 N–H and O–H groups in total. The van der Waals surface area contributed by atoms with Crippen molar-refractivity contribution < 1.29 is 23.4 Å².